The van der Waals surface area contributed by atoms with Gasteiger partial charge >= 0.3 is 5.76 Å². The van der Waals surface area contributed by atoms with Crippen LogP contribution in [0.1, 0.15) is 44.8 Å². The second-order valence-electron chi connectivity index (χ2n) is 6.42. The van der Waals surface area contributed by atoms with Crippen LogP contribution in [0, 0.1) is 0 Å². The van der Waals surface area contributed by atoms with Crippen molar-refractivity contribution in [2.24, 2.45) is 7.05 Å². The van der Waals surface area contributed by atoms with Crippen LogP contribution in [0.4, 0.5) is 0 Å². The van der Waals surface area contributed by atoms with Gasteiger partial charge in [0.25, 0.3) is 0 Å². The Morgan fingerprint density at radius 1 is 1.36 bits per heavy atom. The molecule has 0 saturated carbocycles. The molecule has 1 aromatic heterocycles. The fourth-order valence-corrected chi connectivity index (χ4v) is 3.52. The molecule has 3 atom stereocenters. The molecule has 2 heterocycles. The van der Waals surface area contributed by atoms with Gasteiger partial charge in [-0.3, -0.25) is 9.47 Å². The topological polar surface area (TPSA) is 58.6 Å². The van der Waals surface area contributed by atoms with Crippen LogP contribution in [-0.2, 0) is 7.05 Å². The molecule has 1 aliphatic heterocycles. The number of hydrogen-bond donors (Lipinski definition) is 1. The van der Waals surface area contributed by atoms with Crippen molar-refractivity contribution in [2.45, 2.75) is 51.3 Å². The van der Waals surface area contributed by atoms with E-state index in [1.807, 2.05) is 12.1 Å². The van der Waals surface area contributed by atoms with Crippen LogP contribution in [0.25, 0.3) is 11.1 Å². The molecule has 120 valence electrons. The third-order valence-electron chi connectivity index (χ3n) is 4.99. The largest absolute Gasteiger partial charge is 0.419 e. The van der Waals surface area contributed by atoms with Crippen molar-refractivity contribution in [2.75, 3.05) is 6.54 Å². The summed E-state index contributed by atoms with van der Waals surface area (Å²) in [6.07, 6.45) is 3.05. The van der Waals surface area contributed by atoms with E-state index >= 15 is 0 Å². The predicted octanol–water partition coefficient (Wildman–Crippen LogP) is 2.43. The Bertz CT molecular complexity index is 718. The minimum atomic E-state index is -0.588. The van der Waals surface area contributed by atoms with E-state index in [0.29, 0.717) is 11.6 Å². The third-order valence-corrected chi connectivity index (χ3v) is 4.99. The SMILES string of the molecule is CC1CCCCN1C(C)C(O)c1ccc2c(c1)oc(=O)n2C. The van der Waals surface area contributed by atoms with Crippen molar-refractivity contribution in [1.82, 2.24) is 9.47 Å². The Morgan fingerprint density at radius 3 is 2.86 bits per heavy atom. The molecule has 0 spiro atoms. The molecule has 2 aromatic rings. The molecule has 5 nitrogen and oxygen atoms in total. The molecule has 1 aromatic carbocycles. The van der Waals surface area contributed by atoms with Gasteiger partial charge in [-0.25, -0.2) is 4.79 Å². The molecule has 1 N–H and O–H groups in total. The fourth-order valence-electron chi connectivity index (χ4n) is 3.52. The van der Waals surface area contributed by atoms with Crippen molar-refractivity contribution >= 4 is 11.1 Å². The summed E-state index contributed by atoms with van der Waals surface area (Å²) in [5.74, 6) is -0.376. The Labute approximate surface area is 130 Å². The molecule has 1 fully saturated rings. The number of aromatic nitrogens is 1. The summed E-state index contributed by atoms with van der Waals surface area (Å²) in [5.41, 5.74) is 2.08. The second kappa shape index (κ2) is 5.89. The number of hydrogen-bond acceptors (Lipinski definition) is 4. The summed E-state index contributed by atoms with van der Waals surface area (Å²) in [7, 11) is 1.68. The van der Waals surface area contributed by atoms with E-state index in [2.05, 4.69) is 18.7 Å². The Morgan fingerprint density at radius 2 is 2.14 bits per heavy atom. The smallest absolute Gasteiger partial charge is 0.408 e. The first-order valence-electron chi connectivity index (χ1n) is 8.02. The average molecular weight is 304 g/mol. The van der Waals surface area contributed by atoms with Gasteiger partial charge in [-0.05, 0) is 50.9 Å². The van der Waals surface area contributed by atoms with Gasteiger partial charge in [0.2, 0.25) is 0 Å². The average Bonchev–Trinajstić information content (AvgIpc) is 2.80. The number of rotatable bonds is 3. The zero-order valence-electron chi connectivity index (χ0n) is 13.5. The second-order valence-corrected chi connectivity index (χ2v) is 6.42. The Kier molecular flexibility index (Phi) is 4.10. The quantitative estimate of drug-likeness (QED) is 0.946. The zero-order chi connectivity index (χ0) is 15.9. The van der Waals surface area contributed by atoms with Gasteiger partial charge < -0.3 is 9.52 Å². The van der Waals surface area contributed by atoms with Crippen molar-refractivity contribution in [1.29, 1.82) is 0 Å². The van der Waals surface area contributed by atoms with Crippen LogP contribution in [0.15, 0.2) is 27.4 Å². The summed E-state index contributed by atoms with van der Waals surface area (Å²) >= 11 is 0. The standard InChI is InChI=1S/C17H24N2O3/c1-11-6-4-5-9-19(11)12(2)16(20)13-7-8-14-15(10-13)22-17(21)18(14)3/h7-8,10-12,16,20H,4-6,9H2,1-3H3. The van der Waals surface area contributed by atoms with Crippen LogP contribution in [0.3, 0.4) is 0 Å². The Balaban J connectivity index is 1.87. The maximum absolute atomic E-state index is 11.6. The van der Waals surface area contributed by atoms with E-state index in [1.54, 1.807) is 13.1 Å². The highest BCUT2D eigenvalue weighted by molar-refractivity contribution is 5.73. The molecule has 0 bridgehead atoms. The summed E-state index contributed by atoms with van der Waals surface area (Å²) in [4.78, 5) is 13.9. The lowest BCUT2D eigenvalue weighted by atomic mass is 9.96. The van der Waals surface area contributed by atoms with Gasteiger partial charge in [-0.2, -0.15) is 0 Å². The van der Waals surface area contributed by atoms with E-state index in [0.717, 1.165) is 17.6 Å². The molecule has 1 aliphatic rings. The minimum absolute atomic E-state index is 0.0446. The number of likely N-dealkylation sites (tertiary alicyclic amines) is 1. The lowest BCUT2D eigenvalue weighted by Gasteiger charge is -2.40. The molecule has 22 heavy (non-hydrogen) atoms. The van der Waals surface area contributed by atoms with Crippen LogP contribution in [0.2, 0.25) is 0 Å². The number of aryl methyl sites for hydroxylation is 1. The van der Waals surface area contributed by atoms with Crippen molar-refractivity contribution in [3.63, 3.8) is 0 Å². The Hall–Kier alpha value is -1.59. The van der Waals surface area contributed by atoms with Gasteiger partial charge in [0.05, 0.1) is 11.6 Å². The molecule has 3 rings (SSSR count). The number of fused-ring (bicyclic) bond motifs is 1. The lowest BCUT2D eigenvalue weighted by Crippen LogP contribution is -2.46. The first-order chi connectivity index (χ1) is 10.5. The highest BCUT2D eigenvalue weighted by Crippen LogP contribution is 2.28. The van der Waals surface area contributed by atoms with Crippen LogP contribution in [-0.4, -0.2) is 33.2 Å². The van der Waals surface area contributed by atoms with Crippen molar-refractivity contribution in [3.8, 4) is 0 Å². The van der Waals surface area contributed by atoms with E-state index in [9.17, 15) is 9.90 Å². The van der Waals surface area contributed by atoms with Crippen LogP contribution in [0.5, 0.6) is 0 Å². The highest BCUT2D eigenvalue weighted by atomic mass is 16.4. The molecular weight excluding hydrogens is 280 g/mol. The maximum atomic E-state index is 11.6. The molecule has 1 saturated heterocycles. The van der Waals surface area contributed by atoms with Gasteiger partial charge in [0.1, 0.15) is 0 Å². The van der Waals surface area contributed by atoms with Crippen LogP contribution >= 0.6 is 0 Å². The third kappa shape index (κ3) is 2.59. The summed E-state index contributed by atoms with van der Waals surface area (Å²) in [6, 6.07) is 6.05. The molecule has 0 aliphatic carbocycles. The minimum Gasteiger partial charge on any atom is -0.408 e. The van der Waals surface area contributed by atoms with Gasteiger partial charge in [-0.1, -0.05) is 12.5 Å². The number of benzene rings is 1. The lowest BCUT2D eigenvalue weighted by molar-refractivity contribution is 0.0207. The molecule has 5 heteroatoms. The number of aliphatic hydroxyl groups excluding tert-OH is 1. The molecule has 3 unspecified atom stereocenters. The van der Waals surface area contributed by atoms with Gasteiger partial charge in [0.15, 0.2) is 5.58 Å². The number of piperidine rings is 1. The molecule has 0 radical (unpaired) electrons. The number of aliphatic hydroxyl groups is 1. The van der Waals surface area contributed by atoms with Gasteiger partial charge in [0, 0.05) is 19.1 Å². The summed E-state index contributed by atoms with van der Waals surface area (Å²) in [6.45, 7) is 5.32. The van der Waals surface area contributed by atoms with Crippen molar-refractivity contribution in [3.05, 3.63) is 34.3 Å². The normalized spacial score (nSPS) is 22.8. The highest BCUT2D eigenvalue weighted by Gasteiger charge is 2.28. The molecular formula is C17H24N2O3. The van der Waals surface area contributed by atoms with E-state index < -0.39 is 6.10 Å². The monoisotopic (exact) mass is 304 g/mol. The first kappa shape index (κ1) is 15.3. The number of oxazole rings is 1. The van der Waals surface area contributed by atoms with Gasteiger partial charge in [-0.15, -0.1) is 0 Å². The first-order valence-corrected chi connectivity index (χ1v) is 8.02. The summed E-state index contributed by atoms with van der Waals surface area (Å²) < 4.78 is 6.69. The van der Waals surface area contributed by atoms with E-state index in [1.165, 1.54) is 23.8 Å². The zero-order valence-corrected chi connectivity index (χ0v) is 13.5. The molecule has 0 amide bonds. The van der Waals surface area contributed by atoms with Crippen LogP contribution < -0.4 is 5.76 Å². The number of nitrogens with zero attached hydrogens (tertiary/aromatic N) is 2. The maximum Gasteiger partial charge on any atom is 0.419 e. The summed E-state index contributed by atoms with van der Waals surface area (Å²) in [5, 5.41) is 10.7. The predicted molar refractivity (Wildman–Crippen MR) is 85.9 cm³/mol. The van der Waals surface area contributed by atoms with E-state index in [4.69, 9.17) is 4.42 Å². The van der Waals surface area contributed by atoms with E-state index in [-0.39, 0.29) is 11.8 Å². The fraction of sp³-hybridized carbons (Fsp3) is 0.588. The van der Waals surface area contributed by atoms with Crippen molar-refractivity contribution < 1.29 is 9.52 Å².